The number of hydrogen-bond acceptors (Lipinski definition) is 2. The van der Waals surface area contributed by atoms with Gasteiger partial charge in [-0.05, 0) is 74.7 Å². The minimum absolute atomic E-state index is 0.405. The highest BCUT2D eigenvalue weighted by molar-refractivity contribution is 4.87. The van der Waals surface area contributed by atoms with Crippen molar-refractivity contribution in [3.8, 4) is 0 Å². The normalized spacial score (nSPS) is 39.8. The molecule has 0 saturated heterocycles. The zero-order valence-corrected chi connectivity index (χ0v) is 14.0. The van der Waals surface area contributed by atoms with Gasteiger partial charge in [-0.2, -0.15) is 0 Å². The minimum Gasteiger partial charge on any atom is -0.375 e. The van der Waals surface area contributed by atoms with E-state index in [1.165, 1.54) is 44.9 Å². The first-order chi connectivity index (χ1) is 9.40. The van der Waals surface area contributed by atoms with Gasteiger partial charge in [0.15, 0.2) is 0 Å². The zero-order valence-electron chi connectivity index (χ0n) is 14.0. The molecule has 0 heterocycles. The fourth-order valence-electron chi connectivity index (χ4n) is 4.03. The highest BCUT2D eigenvalue weighted by Gasteiger charge is 2.37. The van der Waals surface area contributed by atoms with E-state index in [4.69, 9.17) is 10.5 Å². The lowest BCUT2D eigenvalue weighted by atomic mass is 9.68. The summed E-state index contributed by atoms with van der Waals surface area (Å²) in [5.74, 6) is 2.28. The quantitative estimate of drug-likeness (QED) is 0.833. The first-order valence-corrected chi connectivity index (χ1v) is 8.75. The molecule has 2 heteroatoms. The van der Waals surface area contributed by atoms with Gasteiger partial charge in [-0.3, -0.25) is 0 Å². The summed E-state index contributed by atoms with van der Waals surface area (Å²) in [4.78, 5) is 0. The third-order valence-corrected chi connectivity index (χ3v) is 5.79. The number of ether oxygens (including phenoxy) is 1. The molecule has 0 aromatic carbocycles. The van der Waals surface area contributed by atoms with Crippen molar-refractivity contribution in [3.63, 3.8) is 0 Å². The second-order valence-corrected chi connectivity index (χ2v) is 8.43. The number of nitrogens with two attached hydrogens (primary N) is 1. The van der Waals surface area contributed by atoms with Gasteiger partial charge in [0, 0.05) is 0 Å². The lowest BCUT2D eigenvalue weighted by molar-refractivity contribution is -0.0932. The van der Waals surface area contributed by atoms with Gasteiger partial charge in [0.2, 0.25) is 0 Å². The topological polar surface area (TPSA) is 35.2 Å². The molecule has 2 nitrogen and oxygen atoms in total. The average Bonchev–Trinajstić information content (AvgIpc) is 2.40. The maximum Gasteiger partial charge on any atom is 0.0621 e. The minimum atomic E-state index is 0.405. The van der Waals surface area contributed by atoms with E-state index in [0.717, 1.165) is 18.4 Å². The molecular formula is C18H35NO. The summed E-state index contributed by atoms with van der Waals surface area (Å²) in [6.45, 7) is 10.3. The maximum absolute atomic E-state index is 6.53. The maximum atomic E-state index is 6.53. The Morgan fingerprint density at radius 2 is 1.65 bits per heavy atom. The van der Waals surface area contributed by atoms with Gasteiger partial charge in [-0.25, -0.2) is 0 Å². The first-order valence-electron chi connectivity index (χ1n) is 8.75. The molecule has 2 fully saturated rings. The molecule has 3 unspecified atom stereocenters. The van der Waals surface area contributed by atoms with Gasteiger partial charge in [0.05, 0.1) is 12.2 Å². The van der Waals surface area contributed by atoms with Crippen LogP contribution in [0.2, 0.25) is 0 Å². The second-order valence-electron chi connectivity index (χ2n) is 8.43. The summed E-state index contributed by atoms with van der Waals surface area (Å²) in [6.07, 6.45) is 9.92. The Balaban J connectivity index is 1.91. The Kier molecular flexibility index (Phi) is 5.53. The van der Waals surface area contributed by atoms with Crippen LogP contribution in [0.5, 0.6) is 0 Å². The van der Waals surface area contributed by atoms with Crippen molar-refractivity contribution in [2.24, 2.45) is 28.9 Å². The average molecular weight is 281 g/mol. The van der Waals surface area contributed by atoms with Crippen LogP contribution in [0.15, 0.2) is 0 Å². The number of rotatable bonds is 3. The van der Waals surface area contributed by atoms with E-state index < -0.39 is 0 Å². The molecule has 0 bridgehead atoms. The van der Waals surface area contributed by atoms with Crippen LogP contribution in [0.3, 0.4) is 0 Å². The molecule has 0 aromatic heterocycles. The van der Waals surface area contributed by atoms with Gasteiger partial charge in [0.25, 0.3) is 0 Å². The summed E-state index contributed by atoms with van der Waals surface area (Å²) < 4.78 is 6.53. The van der Waals surface area contributed by atoms with Crippen molar-refractivity contribution in [2.75, 3.05) is 6.54 Å². The van der Waals surface area contributed by atoms with Crippen LogP contribution in [-0.4, -0.2) is 18.8 Å². The van der Waals surface area contributed by atoms with Crippen molar-refractivity contribution in [1.29, 1.82) is 0 Å². The first kappa shape index (κ1) is 16.3. The summed E-state index contributed by atoms with van der Waals surface area (Å²) in [5, 5.41) is 0. The Labute approximate surface area is 125 Å². The van der Waals surface area contributed by atoms with Crippen LogP contribution < -0.4 is 5.73 Å². The molecule has 2 N–H and O–H groups in total. The third kappa shape index (κ3) is 4.21. The molecule has 0 aromatic rings. The largest absolute Gasteiger partial charge is 0.375 e. The smallest absolute Gasteiger partial charge is 0.0621 e. The molecule has 0 spiro atoms. The monoisotopic (exact) mass is 281 g/mol. The molecule has 0 aliphatic heterocycles. The summed E-state index contributed by atoms with van der Waals surface area (Å²) in [5.41, 5.74) is 6.40. The van der Waals surface area contributed by atoms with E-state index in [1.807, 2.05) is 0 Å². The second kappa shape index (κ2) is 6.79. The Morgan fingerprint density at radius 3 is 2.20 bits per heavy atom. The molecule has 2 aliphatic carbocycles. The van der Waals surface area contributed by atoms with E-state index in [0.29, 0.717) is 23.5 Å². The van der Waals surface area contributed by atoms with Crippen molar-refractivity contribution in [1.82, 2.24) is 0 Å². The van der Waals surface area contributed by atoms with Crippen molar-refractivity contribution in [3.05, 3.63) is 0 Å². The van der Waals surface area contributed by atoms with E-state index in [9.17, 15) is 0 Å². The van der Waals surface area contributed by atoms with Gasteiger partial charge in [0.1, 0.15) is 0 Å². The molecular weight excluding hydrogens is 246 g/mol. The molecule has 0 amide bonds. The highest BCUT2D eigenvalue weighted by atomic mass is 16.5. The summed E-state index contributed by atoms with van der Waals surface area (Å²) in [7, 11) is 0. The molecule has 2 aliphatic rings. The van der Waals surface area contributed by atoms with Crippen LogP contribution in [0.25, 0.3) is 0 Å². The number of hydrogen-bond donors (Lipinski definition) is 1. The SMILES string of the molecule is CC1CCC(OC2CC(C(C)(C)C)CCC2CN)CC1. The molecule has 0 radical (unpaired) electrons. The Morgan fingerprint density at radius 1 is 1.00 bits per heavy atom. The van der Waals surface area contributed by atoms with Crippen molar-refractivity contribution < 1.29 is 4.74 Å². The summed E-state index contributed by atoms with van der Waals surface area (Å²) in [6, 6.07) is 0. The molecule has 3 atom stereocenters. The predicted molar refractivity (Wildman–Crippen MR) is 85.6 cm³/mol. The fourth-order valence-corrected chi connectivity index (χ4v) is 4.03. The third-order valence-electron chi connectivity index (χ3n) is 5.79. The van der Waals surface area contributed by atoms with Crippen LogP contribution in [0.1, 0.15) is 72.6 Å². The van der Waals surface area contributed by atoms with Gasteiger partial charge in [-0.1, -0.05) is 27.7 Å². The molecule has 2 saturated carbocycles. The lowest BCUT2D eigenvalue weighted by Gasteiger charge is -2.43. The van der Waals surface area contributed by atoms with Crippen LogP contribution in [0.4, 0.5) is 0 Å². The fraction of sp³-hybridized carbons (Fsp3) is 1.00. The predicted octanol–water partition coefficient (Wildman–Crippen LogP) is 4.37. The zero-order chi connectivity index (χ0) is 14.8. The summed E-state index contributed by atoms with van der Waals surface area (Å²) >= 11 is 0. The van der Waals surface area contributed by atoms with E-state index in [-0.39, 0.29) is 0 Å². The standard InChI is InChI=1S/C18H35NO/c1-13-5-9-16(10-6-13)20-17-11-15(18(2,3)4)8-7-14(17)12-19/h13-17H,5-12,19H2,1-4H3. The molecule has 118 valence electrons. The Hall–Kier alpha value is -0.0800. The van der Waals surface area contributed by atoms with E-state index >= 15 is 0 Å². The molecule has 20 heavy (non-hydrogen) atoms. The highest BCUT2D eigenvalue weighted by Crippen LogP contribution is 2.41. The van der Waals surface area contributed by atoms with Crippen LogP contribution in [-0.2, 0) is 4.74 Å². The molecule has 2 rings (SSSR count). The van der Waals surface area contributed by atoms with Crippen LogP contribution >= 0.6 is 0 Å². The van der Waals surface area contributed by atoms with Gasteiger partial charge < -0.3 is 10.5 Å². The van der Waals surface area contributed by atoms with Crippen molar-refractivity contribution >= 4 is 0 Å². The van der Waals surface area contributed by atoms with Gasteiger partial charge in [-0.15, -0.1) is 0 Å². The van der Waals surface area contributed by atoms with Gasteiger partial charge >= 0.3 is 0 Å². The Bertz CT molecular complexity index is 288. The van der Waals surface area contributed by atoms with E-state index in [1.54, 1.807) is 0 Å². The van der Waals surface area contributed by atoms with Crippen LogP contribution in [0, 0.1) is 23.2 Å². The van der Waals surface area contributed by atoms with Crippen molar-refractivity contribution in [2.45, 2.75) is 84.8 Å². The lowest BCUT2D eigenvalue weighted by Crippen LogP contribution is -2.42. The van der Waals surface area contributed by atoms with E-state index in [2.05, 4.69) is 27.7 Å².